The molecule has 0 amide bonds. The van der Waals surface area contributed by atoms with Gasteiger partial charge in [-0.3, -0.25) is 4.90 Å². The van der Waals surface area contributed by atoms with Crippen LogP contribution >= 0.6 is 0 Å². The molecule has 1 aromatic carbocycles. The van der Waals surface area contributed by atoms with Crippen LogP contribution < -0.4 is 5.73 Å². The number of benzene rings is 1. The van der Waals surface area contributed by atoms with Crippen LogP contribution in [0.1, 0.15) is 19.4 Å². The van der Waals surface area contributed by atoms with Gasteiger partial charge in [0.1, 0.15) is 5.82 Å². The Morgan fingerprint density at radius 3 is 2.67 bits per heavy atom. The standard InChI is InChI=1S/C14H22FN3O2S/c1-3-17-6-7-18(10-11(17)2)21(19,20)14-8-13(15)5-4-12(14)9-16/h4-5,8,11H,3,6-7,9-10,16H2,1-2H3. The number of piperazine rings is 1. The van der Waals surface area contributed by atoms with Crippen molar-refractivity contribution in [2.75, 3.05) is 26.2 Å². The Bertz CT molecular complexity index is 606. The van der Waals surface area contributed by atoms with Crippen molar-refractivity contribution in [3.05, 3.63) is 29.6 Å². The fraction of sp³-hybridized carbons (Fsp3) is 0.571. The summed E-state index contributed by atoms with van der Waals surface area (Å²) in [7, 11) is -3.71. The monoisotopic (exact) mass is 315 g/mol. The van der Waals surface area contributed by atoms with Crippen LogP contribution in [0.15, 0.2) is 23.1 Å². The van der Waals surface area contributed by atoms with Gasteiger partial charge in [-0.05, 0) is 31.2 Å². The first-order valence-corrected chi connectivity index (χ1v) is 8.56. The second-order valence-corrected chi connectivity index (χ2v) is 7.20. The first-order valence-electron chi connectivity index (χ1n) is 7.12. The molecule has 1 aromatic rings. The molecule has 0 aliphatic carbocycles. The van der Waals surface area contributed by atoms with Crippen LogP contribution in [0.4, 0.5) is 4.39 Å². The number of halogens is 1. The quantitative estimate of drug-likeness (QED) is 0.900. The highest BCUT2D eigenvalue weighted by atomic mass is 32.2. The van der Waals surface area contributed by atoms with Crippen molar-refractivity contribution < 1.29 is 12.8 Å². The highest BCUT2D eigenvalue weighted by molar-refractivity contribution is 7.89. The van der Waals surface area contributed by atoms with E-state index in [2.05, 4.69) is 11.8 Å². The molecule has 5 nitrogen and oxygen atoms in total. The minimum absolute atomic E-state index is 0.0119. The van der Waals surface area contributed by atoms with E-state index in [0.29, 0.717) is 25.2 Å². The molecule has 0 aromatic heterocycles. The number of nitrogens with zero attached hydrogens (tertiary/aromatic N) is 2. The van der Waals surface area contributed by atoms with Gasteiger partial charge in [-0.1, -0.05) is 13.0 Å². The van der Waals surface area contributed by atoms with Gasteiger partial charge < -0.3 is 5.73 Å². The zero-order valence-corrected chi connectivity index (χ0v) is 13.2. The summed E-state index contributed by atoms with van der Waals surface area (Å²) < 4.78 is 40.4. The molecule has 118 valence electrons. The topological polar surface area (TPSA) is 66.6 Å². The Labute approximate surface area is 125 Å². The number of likely N-dealkylation sites (N-methyl/N-ethyl adjacent to an activating group) is 1. The molecule has 2 N–H and O–H groups in total. The highest BCUT2D eigenvalue weighted by Crippen LogP contribution is 2.23. The van der Waals surface area contributed by atoms with Gasteiger partial charge in [-0.15, -0.1) is 0 Å². The summed E-state index contributed by atoms with van der Waals surface area (Å²) >= 11 is 0. The molecule has 1 heterocycles. The van der Waals surface area contributed by atoms with Crippen molar-refractivity contribution in [2.24, 2.45) is 5.73 Å². The van der Waals surface area contributed by atoms with E-state index in [1.54, 1.807) is 0 Å². The molecular formula is C14H22FN3O2S. The normalized spacial score (nSPS) is 21.6. The number of rotatable bonds is 4. The molecule has 1 fully saturated rings. The van der Waals surface area contributed by atoms with E-state index >= 15 is 0 Å². The molecule has 0 radical (unpaired) electrons. The molecule has 1 aliphatic rings. The molecule has 2 rings (SSSR count). The SMILES string of the molecule is CCN1CCN(S(=O)(=O)c2cc(F)ccc2CN)CC1C. The van der Waals surface area contributed by atoms with E-state index in [9.17, 15) is 12.8 Å². The van der Waals surface area contributed by atoms with E-state index in [1.165, 1.54) is 16.4 Å². The maximum absolute atomic E-state index is 13.4. The van der Waals surface area contributed by atoms with Crippen molar-refractivity contribution in [1.82, 2.24) is 9.21 Å². The minimum Gasteiger partial charge on any atom is -0.326 e. The van der Waals surface area contributed by atoms with Crippen LogP contribution in [-0.2, 0) is 16.6 Å². The molecule has 1 saturated heterocycles. The first kappa shape index (κ1) is 16.4. The average Bonchev–Trinajstić information content (AvgIpc) is 2.47. The van der Waals surface area contributed by atoms with Crippen molar-refractivity contribution in [3.8, 4) is 0 Å². The summed E-state index contributed by atoms with van der Waals surface area (Å²) in [5.41, 5.74) is 6.03. The molecule has 1 atom stereocenters. The fourth-order valence-corrected chi connectivity index (χ4v) is 4.48. The van der Waals surface area contributed by atoms with Gasteiger partial charge in [0.05, 0.1) is 4.90 Å². The van der Waals surface area contributed by atoms with Gasteiger partial charge >= 0.3 is 0 Å². The molecular weight excluding hydrogens is 293 g/mol. The zero-order valence-electron chi connectivity index (χ0n) is 12.4. The Morgan fingerprint density at radius 2 is 2.10 bits per heavy atom. The summed E-state index contributed by atoms with van der Waals surface area (Å²) in [6.45, 7) is 6.53. The van der Waals surface area contributed by atoms with Crippen LogP contribution in [0.25, 0.3) is 0 Å². The summed E-state index contributed by atoms with van der Waals surface area (Å²) in [5.74, 6) is -0.564. The lowest BCUT2D eigenvalue weighted by Crippen LogP contribution is -2.53. The lowest BCUT2D eigenvalue weighted by atomic mass is 10.2. The summed E-state index contributed by atoms with van der Waals surface area (Å²) in [4.78, 5) is 2.21. The lowest BCUT2D eigenvalue weighted by Gasteiger charge is -2.38. The number of hydrogen-bond donors (Lipinski definition) is 1. The van der Waals surface area contributed by atoms with Crippen molar-refractivity contribution in [3.63, 3.8) is 0 Å². The van der Waals surface area contributed by atoms with Gasteiger partial charge in [-0.25, -0.2) is 12.8 Å². The smallest absolute Gasteiger partial charge is 0.243 e. The number of nitrogens with two attached hydrogens (primary N) is 1. The Hall–Kier alpha value is -1.02. The predicted molar refractivity (Wildman–Crippen MR) is 79.8 cm³/mol. The highest BCUT2D eigenvalue weighted by Gasteiger charge is 2.32. The van der Waals surface area contributed by atoms with E-state index in [-0.39, 0.29) is 17.5 Å². The van der Waals surface area contributed by atoms with Gasteiger partial charge in [0.15, 0.2) is 0 Å². The summed E-state index contributed by atoms with van der Waals surface area (Å²) in [5, 5.41) is 0. The Kier molecular flexibility index (Phi) is 4.98. The van der Waals surface area contributed by atoms with Crippen LogP contribution in [0.2, 0.25) is 0 Å². The molecule has 0 bridgehead atoms. The largest absolute Gasteiger partial charge is 0.326 e. The van der Waals surface area contributed by atoms with Crippen LogP contribution in [0.5, 0.6) is 0 Å². The maximum Gasteiger partial charge on any atom is 0.243 e. The second-order valence-electron chi connectivity index (χ2n) is 5.30. The van der Waals surface area contributed by atoms with E-state index in [1.807, 2.05) is 6.92 Å². The van der Waals surface area contributed by atoms with E-state index < -0.39 is 15.8 Å². The third kappa shape index (κ3) is 3.26. The third-order valence-corrected chi connectivity index (χ3v) is 5.95. The molecule has 0 spiro atoms. The first-order chi connectivity index (χ1) is 9.90. The summed E-state index contributed by atoms with van der Waals surface area (Å²) in [6, 6.07) is 3.88. The van der Waals surface area contributed by atoms with Gasteiger partial charge in [-0.2, -0.15) is 4.31 Å². The molecule has 1 unspecified atom stereocenters. The lowest BCUT2D eigenvalue weighted by molar-refractivity contribution is 0.135. The van der Waals surface area contributed by atoms with Crippen LogP contribution in [-0.4, -0.2) is 49.8 Å². The maximum atomic E-state index is 13.4. The molecule has 21 heavy (non-hydrogen) atoms. The zero-order chi connectivity index (χ0) is 15.6. The Balaban J connectivity index is 2.33. The average molecular weight is 315 g/mol. The van der Waals surface area contributed by atoms with Gasteiger partial charge in [0.25, 0.3) is 0 Å². The molecule has 0 saturated carbocycles. The van der Waals surface area contributed by atoms with Crippen molar-refractivity contribution >= 4 is 10.0 Å². The number of sulfonamides is 1. The van der Waals surface area contributed by atoms with Crippen LogP contribution in [0, 0.1) is 5.82 Å². The third-order valence-electron chi connectivity index (χ3n) is 4.00. The van der Waals surface area contributed by atoms with Gasteiger partial charge in [0.2, 0.25) is 10.0 Å². The number of hydrogen-bond acceptors (Lipinski definition) is 4. The molecule has 7 heteroatoms. The fourth-order valence-electron chi connectivity index (χ4n) is 2.73. The van der Waals surface area contributed by atoms with E-state index in [4.69, 9.17) is 5.73 Å². The van der Waals surface area contributed by atoms with Crippen molar-refractivity contribution in [1.29, 1.82) is 0 Å². The predicted octanol–water partition coefficient (Wildman–Crippen LogP) is 0.999. The minimum atomic E-state index is -3.71. The van der Waals surface area contributed by atoms with Crippen LogP contribution in [0.3, 0.4) is 0 Å². The Morgan fingerprint density at radius 1 is 1.38 bits per heavy atom. The molecule has 1 aliphatic heterocycles. The van der Waals surface area contributed by atoms with E-state index in [0.717, 1.165) is 12.6 Å². The van der Waals surface area contributed by atoms with Crippen molar-refractivity contribution in [2.45, 2.75) is 31.3 Å². The van der Waals surface area contributed by atoms with Gasteiger partial charge in [0, 0.05) is 32.2 Å². The summed E-state index contributed by atoms with van der Waals surface area (Å²) in [6.07, 6.45) is 0. The second kappa shape index (κ2) is 6.39.